The number of amides is 1. The van der Waals surface area contributed by atoms with Crippen molar-refractivity contribution >= 4 is 62.7 Å². The van der Waals surface area contributed by atoms with Crippen molar-refractivity contribution in [3.05, 3.63) is 58.5 Å². The SMILES string of the molecule is C=CC(=O)N1C[C@H](C)N(c2nc(N3CC(N(C)C)C3)nc3c(F)c(-c4c(C)ccc5[nH]c(Cl)cc45)c(Cl)cc23)C[C@H]1C. The molecule has 0 saturated carbocycles. The third-order valence-electron chi connectivity index (χ3n) is 8.67. The molecular weight excluding hydrogens is 576 g/mol. The summed E-state index contributed by atoms with van der Waals surface area (Å²) in [5.41, 5.74) is 2.85. The predicted octanol–water partition coefficient (Wildman–Crippen LogP) is 5.89. The highest BCUT2D eigenvalue weighted by molar-refractivity contribution is 6.35. The Kier molecular flexibility index (Phi) is 7.32. The number of carbonyl (C=O) groups is 1. The first-order valence-corrected chi connectivity index (χ1v) is 14.8. The highest BCUT2D eigenvalue weighted by Gasteiger charge is 2.36. The van der Waals surface area contributed by atoms with Crippen molar-refractivity contribution in [2.24, 2.45) is 0 Å². The second-order valence-corrected chi connectivity index (χ2v) is 12.5. The number of aryl methyl sites for hydroxylation is 1. The van der Waals surface area contributed by atoms with Crippen LogP contribution in [0.15, 0.2) is 36.9 Å². The van der Waals surface area contributed by atoms with Crippen LogP contribution in [0, 0.1) is 12.7 Å². The number of aromatic amines is 1. The molecule has 1 N–H and O–H groups in total. The molecule has 0 aliphatic carbocycles. The highest BCUT2D eigenvalue weighted by atomic mass is 35.5. The largest absolute Gasteiger partial charge is 0.349 e. The van der Waals surface area contributed by atoms with Gasteiger partial charge in [0, 0.05) is 66.2 Å². The Balaban J connectivity index is 1.55. The van der Waals surface area contributed by atoms with E-state index in [-0.39, 0.29) is 34.1 Å². The summed E-state index contributed by atoms with van der Waals surface area (Å²) < 4.78 is 16.9. The van der Waals surface area contributed by atoms with E-state index in [1.165, 1.54) is 6.08 Å². The van der Waals surface area contributed by atoms with Crippen LogP contribution < -0.4 is 9.80 Å². The van der Waals surface area contributed by atoms with Crippen molar-refractivity contribution in [3.8, 4) is 11.1 Å². The number of nitrogens with one attached hydrogen (secondary N) is 1. The zero-order valence-electron chi connectivity index (χ0n) is 24.4. The Hall–Kier alpha value is -3.40. The van der Waals surface area contributed by atoms with Gasteiger partial charge >= 0.3 is 0 Å². The summed E-state index contributed by atoms with van der Waals surface area (Å²) in [6.45, 7) is 12.1. The Bertz CT molecular complexity index is 1730. The maximum Gasteiger partial charge on any atom is 0.246 e. The fourth-order valence-electron chi connectivity index (χ4n) is 6.16. The minimum Gasteiger partial charge on any atom is -0.349 e. The van der Waals surface area contributed by atoms with Crippen LogP contribution in [0.4, 0.5) is 16.2 Å². The summed E-state index contributed by atoms with van der Waals surface area (Å²) in [5.74, 6) is 0.485. The highest BCUT2D eigenvalue weighted by Crippen LogP contribution is 2.43. The average molecular weight is 611 g/mol. The first-order chi connectivity index (χ1) is 20.0. The number of rotatable bonds is 5. The molecule has 0 spiro atoms. The van der Waals surface area contributed by atoms with E-state index in [2.05, 4.69) is 26.3 Å². The van der Waals surface area contributed by atoms with E-state index in [1.54, 1.807) is 12.1 Å². The number of benzene rings is 2. The summed E-state index contributed by atoms with van der Waals surface area (Å²) in [6, 6.07) is 7.61. The van der Waals surface area contributed by atoms with Gasteiger partial charge in [0.05, 0.1) is 5.02 Å². The minimum absolute atomic E-state index is 0.0820. The molecule has 4 aromatic rings. The van der Waals surface area contributed by atoms with E-state index in [0.29, 0.717) is 47.0 Å². The van der Waals surface area contributed by atoms with Gasteiger partial charge in [0.2, 0.25) is 11.9 Å². The molecule has 220 valence electrons. The van der Waals surface area contributed by atoms with Crippen molar-refractivity contribution in [3.63, 3.8) is 0 Å². The zero-order valence-corrected chi connectivity index (χ0v) is 25.9. The molecule has 4 heterocycles. The number of piperazine rings is 1. The standard InChI is InChI=1S/C31H34Cl2FN7O/c1-7-25(42)40-12-18(4)41(13-17(40)3)30-21-10-22(32)27(26-16(2)8-9-23-20(26)11-24(33)35-23)28(34)29(21)36-31(37-30)39-14-19(15-39)38(5)6/h7-11,17-19,35H,1,12-15H2,2-6H3/t17-,18+/m1/s1. The van der Waals surface area contributed by atoms with Gasteiger partial charge in [0.15, 0.2) is 5.82 Å². The number of aromatic nitrogens is 3. The molecule has 6 rings (SSSR count). The van der Waals surface area contributed by atoms with Gasteiger partial charge in [-0.2, -0.15) is 4.98 Å². The lowest BCUT2D eigenvalue weighted by Gasteiger charge is -2.45. The third-order valence-corrected chi connectivity index (χ3v) is 9.17. The lowest BCUT2D eigenvalue weighted by molar-refractivity contribution is -0.128. The molecule has 0 radical (unpaired) electrons. The first-order valence-electron chi connectivity index (χ1n) is 14.1. The van der Waals surface area contributed by atoms with Crippen LogP contribution in [-0.4, -0.2) is 89.1 Å². The van der Waals surface area contributed by atoms with E-state index < -0.39 is 5.82 Å². The second kappa shape index (κ2) is 10.7. The van der Waals surface area contributed by atoms with Crippen molar-refractivity contribution in [1.82, 2.24) is 24.8 Å². The Morgan fingerprint density at radius 1 is 1.07 bits per heavy atom. The van der Waals surface area contributed by atoms with Crippen LogP contribution in [0.2, 0.25) is 10.2 Å². The van der Waals surface area contributed by atoms with Crippen LogP contribution in [0.25, 0.3) is 32.9 Å². The predicted molar refractivity (Wildman–Crippen MR) is 169 cm³/mol. The van der Waals surface area contributed by atoms with Gasteiger partial charge in [-0.15, -0.1) is 0 Å². The van der Waals surface area contributed by atoms with Gasteiger partial charge in [0.25, 0.3) is 0 Å². The molecule has 0 bridgehead atoms. The summed E-state index contributed by atoms with van der Waals surface area (Å²) in [6.07, 6.45) is 1.35. The summed E-state index contributed by atoms with van der Waals surface area (Å²) >= 11 is 13.2. The van der Waals surface area contributed by atoms with Gasteiger partial charge in [-0.3, -0.25) is 4.79 Å². The molecule has 2 atom stereocenters. The van der Waals surface area contributed by atoms with E-state index in [1.807, 2.05) is 51.9 Å². The molecule has 2 aromatic carbocycles. The van der Waals surface area contributed by atoms with Crippen molar-refractivity contribution in [2.45, 2.75) is 38.9 Å². The van der Waals surface area contributed by atoms with Crippen LogP contribution in [0.1, 0.15) is 19.4 Å². The summed E-state index contributed by atoms with van der Waals surface area (Å²) in [4.78, 5) is 33.7. The lowest BCUT2D eigenvalue weighted by Crippen LogP contribution is -2.59. The molecular formula is C31H34Cl2FN7O. The number of H-pyrrole nitrogens is 1. The first kappa shape index (κ1) is 28.7. The molecule has 8 nitrogen and oxygen atoms in total. The molecule has 2 fully saturated rings. The maximum absolute atomic E-state index is 16.9. The van der Waals surface area contributed by atoms with Gasteiger partial charge in [-0.05, 0) is 70.3 Å². The zero-order chi connectivity index (χ0) is 30.0. The average Bonchev–Trinajstić information content (AvgIpc) is 3.29. The number of nitrogens with zero attached hydrogens (tertiary/aromatic N) is 6. The van der Waals surface area contributed by atoms with Crippen LogP contribution in [0.3, 0.4) is 0 Å². The maximum atomic E-state index is 16.9. The topological polar surface area (TPSA) is 71.6 Å². The number of hydrogen-bond acceptors (Lipinski definition) is 6. The van der Waals surface area contributed by atoms with Crippen molar-refractivity contribution < 1.29 is 9.18 Å². The van der Waals surface area contributed by atoms with Gasteiger partial charge < -0.3 is 24.6 Å². The second-order valence-electron chi connectivity index (χ2n) is 11.7. The van der Waals surface area contributed by atoms with Crippen LogP contribution >= 0.6 is 23.2 Å². The van der Waals surface area contributed by atoms with E-state index >= 15 is 4.39 Å². The third kappa shape index (κ3) is 4.68. The normalized spacial score (nSPS) is 19.7. The number of halogens is 3. The van der Waals surface area contributed by atoms with Crippen LogP contribution in [0.5, 0.6) is 0 Å². The fourth-order valence-corrected chi connectivity index (χ4v) is 6.66. The number of anilines is 2. The molecule has 1 amide bonds. The van der Waals surface area contributed by atoms with E-state index in [9.17, 15) is 4.79 Å². The molecule has 42 heavy (non-hydrogen) atoms. The van der Waals surface area contributed by atoms with Crippen LogP contribution in [-0.2, 0) is 4.79 Å². The number of hydrogen-bond donors (Lipinski definition) is 1. The van der Waals surface area contributed by atoms with Crippen molar-refractivity contribution in [2.75, 3.05) is 50.1 Å². The Morgan fingerprint density at radius 2 is 1.81 bits per heavy atom. The minimum atomic E-state index is -0.499. The smallest absolute Gasteiger partial charge is 0.246 e. The van der Waals surface area contributed by atoms with E-state index in [4.69, 9.17) is 33.2 Å². The Labute approximate surface area is 254 Å². The molecule has 2 aliphatic rings. The number of fused-ring (bicyclic) bond motifs is 2. The fraction of sp³-hybridized carbons (Fsp3) is 0.387. The molecule has 2 aliphatic heterocycles. The molecule has 2 saturated heterocycles. The number of carbonyl (C=O) groups excluding carboxylic acids is 1. The van der Waals surface area contributed by atoms with E-state index in [0.717, 1.165) is 29.6 Å². The van der Waals surface area contributed by atoms with Crippen molar-refractivity contribution in [1.29, 1.82) is 0 Å². The molecule has 11 heteroatoms. The monoisotopic (exact) mass is 609 g/mol. The molecule has 2 aromatic heterocycles. The Morgan fingerprint density at radius 3 is 2.50 bits per heavy atom. The quantitative estimate of drug-likeness (QED) is 0.284. The molecule has 0 unspecified atom stereocenters. The number of likely N-dealkylation sites (N-methyl/N-ethyl adjacent to an activating group) is 1. The lowest BCUT2D eigenvalue weighted by atomic mass is 9.95. The van der Waals surface area contributed by atoms with Gasteiger partial charge in [0.1, 0.15) is 16.5 Å². The summed E-state index contributed by atoms with van der Waals surface area (Å²) in [7, 11) is 4.10. The van der Waals surface area contributed by atoms with Gasteiger partial charge in [-0.1, -0.05) is 35.8 Å². The van der Waals surface area contributed by atoms with Gasteiger partial charge in [-0.25, -0.2) is 9.37 Å². The summed E-state index contributed by atoms with van der Waals surface area (Å²) in [5, 5.41) is 2.06.